The second kappa shape index (κ2) is 9.27. The number of nitrogens with zero attached hydrogens (tertiary/aromatic N) is 1. The number of carbonyl (C=O) groups is 3. The maximum absolute atomic E-state index is 15.0. The van der Waals surface area contributed by atoms with Gasteiger partial charge in [-0.3, -0.25) is 14.4 Å². The molecule has 3 aliphatic rings. The normalized spacial score (nSPS) is 23.5. The fourth-order valence-electron chi connectivity index (χ4n) is 6.89. The number of ether oxygens (including phenoxy) is 1. The maximum atomic E-state index is 15.0. The van der Waals surface area contributed by atoms with E-state index in [1.807, 2.05) is 65.6 Å². The molecule has 0 aliphatic carbocycles. The molecule has 3 heterocycles. The van der Waals surface area contributed by atoms with Gasteiger partial charge in [0, 0.05) is 22.5 Å². The van der Waals surface area contributed by atoms with Gasteiger partial charge in [0.05, 0.1) is 19.1 Å². The monoisotopic (exact) mass is 544 g/mol. The molecular formula is C34H25FN2O4. The SMILES string of the molecule is COc1ccc(C(=O)[C@@H]2[C@@H](C(=O)c3ccccc3)N3c4ccccc4C=C[C@@H]3[C@@]23C(=O)Nc2ccccc23)cc1F. The first-order chi connectivity index (χ1) is 20.0. The van der Waals surface area contributed by atoms with Crippen molar-refractivity contribution in [1.82, 2.24) is 0 Å². The van der Waals surface area contributed by atoms with Crippen LogP contribution in [0.4, 0.5) is 15.8 Å². The predicted molar refractivity (Wildman–Crippen MR) is 154 cm³/mol. The van der Waals surface area contributed by atoms with Crippen LogP contribution in [0.3, 0.4) is 0 Å². The lowest BCUT2D eigenvalue weighted by molar-refractivity contribution is -0.121. The first-order valence-corrected chi connectivity index (χ1v) is 13.4. The molecule has 1 saturated heterocycles. The average Bonchev–Trinajstić information content (AvgIpc) is 3.49. The third kappa shape index (κ3) is 3.45. The van der Waals surface area contributed by atoms with Crippen molar-refractivity contribution in [3.05, 3.63) is 131 Å². The second-order valence-electron chi connectivity index (χ2n) is 10.5. The first-order valence-electron chi connectivity index (χ1n) is 13.4. The van der Waals surface area contributed by atoms with E-state index in [1.54, 1.807) is 30.3 Å². The van der Waals surface area contributed by atoms with Crippen LogP contribution < -0.4 is 15.0 Å². The molecule has 0 unspecified atom stereocenters. The molecule has 1 N–H and O–H groups in total. The van der Waals surface area contributed by atoms with Crippen LogP contribution in [0.2, 0.25) is 0 Å². The molecule has 7 heteroatoms. The maximum Gasteiger partial charge on any atom is 0.238 e. The molecule has 0 radical (unpaired) electrons. The number of hydrogen-bond acceptors (Lipinski definition) is 5. The number of methoxy groups -OCH3 is 1. The van der Waals surface area contributed by atoms with Crippen molar-refractivity contribution in [2.24, 2.45) is 5.92 Å². The molecule has 202 valence electrons. The summed E-state index contributed by atoms with van der Waals surface area (Å²) >= 11 is 0. The molecule has 41 heavy (non-hydrogen) atoms. The van der Waals surface area contributed by atoms with Crippen LogP contribution in [-0.4, -0.2) is 36.7 Å². The smallest absolute Gasteiger partial charge is 0.238 e. The lowest BCUT2D eigenvalue weighted by Crippen LogP contribution is -2.51. The number of fused-ring (bicyclic) bond motifs is 6. The molecule has 4 aromatic rings. The van der Waals surface area contributed by atoms with Gasteiger partial charge >= 0.3 is 0 Å². The summed E-state index contributed by atoms with van der Waals surface area (Å²) in [5.74, 6) is -3.02. The van der Waals surface area contributed by atoms with Gasteiger partial charge in [-0.25, -0.2) is 4.39 Å². The van der Waals surface area contributed by atoms with E-state index < -0.39 is 35.0 Å². The Kier molecular flexibility index (Phi) is 5.64. The van der Waals surface area contributed by atoms with Gasteiger partial charge in [0.1, 0.15) is 11.5 Å². The lowest BCUT2D eigenvalue weighted by Gasteiger charge is -2.37. The van der Waals surface area contributed by atoms with Crippen molar-refractivity contribution in [1.29, 1.82) is 0 Å². The zero-order chi connectivity index (χ0) is 28.3. The van der Waals surface area contributed by atoms with Crippen LogP contribution in [0.25, 0.3) is 6.08 Å². The van der Waals surface area contributed by atoms with Gasteiger partial charge in [-0.15, -0.1) is 0 Å². The van der Waals surface area contributed by atoms with E-state index >= 15 is 0 Å². The number of halogens is 1. The number of amides is 1. The second-order valence-corrected chi connectivity index (χ2v) is 10.5. The summed E-state index contributed by atoms with van der Waals surface area (Å²) in [5.41, 5.74) is 1.89. The first kappa shape index (κ1) is 25.0. The van der Waals surface area contributed by atoms with Crippen molar-refractivity contribution in [2.45, 2.75) is 17.5 Å². The van der Waals surface area contributed by atoms with Crippen LogP contribution in [0.15, 0.2) is 103 Å². The topological polar surface area (TPSA) is 75.7 Å². The molecule has 0 bridgehead atoms. The van der Waals surface area contributed by atoms with Gasteiger partial charge in [0.25, 0.3) is 0 Å². The Balaban J connectivity index is 1.53. The van der Waals surface area contributed by atoms with Gasteiger partial charge < -0.3 is 15.0 Å². The number of para-hydroxylation sites is 2. The van der Waals surface area contributed by atoms with Crippen molar-refractivity contribution >= 4 is 34.9 Å². The Morgan fingerprint density at radius 3 is 2.39 bits per heavy atom. The summed E-state index contributed by atoms with van der Waals surface area (Å²) in [4.78, 5) is 45.5. The number of carbonyl (C=O) groups excluding carboxylic acids is 3. The fourth-order valence-corrected chi connectivity index (χ4v) is 6.89. The zero-order valence-corrected chi connectivity index (χ0v) is 22.1. The molecule has 7 rings (SSSR count). The zero-order valence-electron chi connectivity index (χ0n) is 22.1. The highest BCUT2D eigenvalue weighted by Gasteiger charge is 2.70. The van der Waals surface area contributed by atoms with Crippen molar-refractivity contribution < 1.29 is 23.5 Å². The highest BCUT2D eigenvalue weighted by Crippen LogP contribution is 2.58. The lowest BCUT2D eigenvalue weighted by atomic mass is 9.64. The van der Waals surface area contributed by atoms with Gasteiger partial charge in [-0.2, -0.15) is 0 Å². The van der Waals surface area contributed by atoms with Gasteiger partial charge in [0.2, 0.25) is 5.91 Å². The van der Waals surface area contributed by atoms with E-state index in [4.69, 9.17) is 4.74 Å². The van der Waals surface area contributed by atoms with Crippen LogP contribution in [0, 0.1) is 11.7 Å². The molecular weight excluding hydrogens is 519 g/mol. The molecule has 6 nitrogen and oxygen atoms in total. The van der Waals surface area contributed by atoms with E-state index in [0.29, 0.717) is 16.8 Å². The molecule has 1 spiro atoms. The Bertz CT molecular complexity index is 1770. The number of ketones is 2. The fraction of sp³-hybridized carbons (Fsp3) is 0.147. The van der Waals surface area contributed by atoms with Crippen LogP contribution in [0.5, 0.6) is 5.75 Å². The van der Waals surface area contributed by atoms with Crippen molar-refractivity contribution in [3.8, 4) is 5.75 Å². The third-order valence-electron chi connectivity index (χ3n) is 8.59. The number of nitrogens with one attached hydrogen (secondary N) is 1. The van der Waals surface area contributed by atoms with E-state index in [9.17, 15) is 18.8 Å². The van der Waals surface area contributed by atoms with Crippen LogP contribution >= 0.6 is 0 Å². The highest BCUT2D eigenvalue weighted by atomic mass is 19.1. The minimum atomic E-state index is -1.46. The standard InChI is InChI=1S/C34H25FN2O4/c1-41-27-17-15-22(19-24(27)35)31(38)29-30(32(39)21-10-3-2-4-11-21)37-26-14-8-5-9-20(26)16-18-28(37)34(29)23-12-6-7-13-25(23)36-33(34)40/h2-19,28-30H,1H3,(H,36,40)/t28-,29+,30+,34-/m1/s1. The number of benzene rings is 4. The third-order valence-corrected chi connectivity index (χ3v) is 8.59. The molecule has 0 saturated carbocycles. The molecule has 4 atom stereocenters. The molecule has 1 fully saturated rings. The van der Waals surface area contributed by atoms with E-state index in [2.05, 4.69) is 5.32 Å². The number of hydrogen-bond donors (Lipinski definition) is 1. The quantitative estimate of drug-likeness (QED) is 0.327. The molecule has 1 amide bonds. The van der Waals surface area contributed by atoms with Crippen molar-refractivity contribution in [3.63, 3.8) is 0 Å². The molecule has 0 aromatic heterocycles. The largest absolute Gasteiger partial charge is 0.494 e. The summed E-state index contributed by atoms with van der Waals surface area (Å²) in [7, 11) is 1.35. The number of Topliss-reactive ketones (excluding diaryl/α,β-unsaturated/α-hetero) is 2. The summed E-state index contributed by atoms with van der Waals surface area (Å²) in [6.07, 6.45) is 3.85. The highest BCUT2D eigenvalue weighted by molar-refractivity contribution is 6.18. The number of rotatable bonds is 5. The van der Waals surface area contributed by atoms with Gasteiger partial charge in [-0.1, -0.05) is 78.9 Å². The van der Waals surface area contributed by atoms with Gasteiger partial charge in [0.15, 0.2) is 23.1 Å². The Morgan fingerprint density at radius 2 is 1.61 bits per heavy atom. The summed E-state index contributed by atoms with van der Waals surface area (Å²) in [5, 5.41) is 3.00. The molecule has 3 aliphatic heterocycles. The van der Waals surface area contributed by atoms with Crippen molar-refractivity contribution in [2.75, 3.05) is 17.3 Å². The minimum absolute atomic E-state index is 0.00201. The van der Waals surface area contributed by atoms with E-state index in [-0.39, 0.29) is 23.0 Å². The summed E-state index contributed by atoms with van der Waals surface area (Å²) < 4.78 is 20.0. The summed E-state index contributed by atoms with van der Waals surface area (Å²) in [6.45, 7) is 0. The Morgan fingerprint density at radius 1 is 0.878 bits per heavy atom. The molecule has 4 aromatic carbocycles. The minimum Gasteiger partial charge on any atom is -0.494 e. The summed E-state index contributed by atoms with van der Waals surface area (Å²) in [6, 6.07) is 26.0. The van der Waals surface area contributed by atoms with E-state index in [1.165, 1.54) is 19.2 Å². The predicted octanol–water partition coefficient (Wildman–Crippen LogP) is 5.69. The number of anilines is 2. The average molecular weight is 545 g/mol. The van der Waals surface area contributed by atoms with Crippen LogP contribution in [0.1, 0.15) is 31.8 Å². The van der Waals surface area contributed by atoms with Crippen LogP contribution in [-0.2, 0) is 10.2 Å². The Labute approximate surface area is 236 Å². The Hall–Kier alpha value is -5.04. The van der Waals surface area contributed by atoms with E-state index in [0.717, 1.165) is 17.3 Å². The van der Waals surface area contributed by atoms with Gasteiger partial charge in [-0.05, 0) is 41.5 Å².